The van der Waals surface area contributed by atoms with Crippen molar-refractivity contribution >= 4 is 51.0 Å². The Balaban J connectivity index is 1.20. The smallest absolute Gasteiger partial charge is 0.338 e. The summed E-state index contributed by atoms with van der Waals surface area (Å²) >= 11 is 7.20. The number of halogens is 1. The first kappa shape index (κ1) is 22.8. The van der Waals surface area contributed by atoms with E-state index in [9.17, 15) is 9.59 Å². The Labute approximate surface area is 209 Å². The molecule has 5 aromatic rings. The van der Waals surface area contributed by atoms with Gasteiger partial charge < -0.3 is 9.72 Å². The number of aryl methyl sites for hydroxylation is 1. The number of amides is 1. The Morgan fingerprint density at radius 3 is 2.51 bits per heavy atom. The second-order valence-electron chi connectivity index (χ2n) is 7.85. The lowest BCUT2D eigenvalue weighted by Crippen LogP contribution is -2.20. The fourth-order valence-electron chi connectivity index (χ4n) is 3.44. The summed E-state index contributed by atoms with van der Waals surface area (Å²) < 4.78 is 5.20. The lowest BCUT2D eigenvalue weighted by Gasteiger charge is -2.05. The number of imidazole rings is 1. The highest BCUT2D eigenvalue weighted by Gasteiger charge is 2.14. The highest BCUT2D eigenvalue weighted by molar-refractivity contribution is 7.14. The van der Waals surface area contributed by atoms with E-state index in [4.69, 9.17) is 16.3 Å². The van der Waals surface area contributed by atoms with E-state index in [-0.39, 0.29) is 0 Å². The number of carbonyl (C=O) groups is 2. The normalized spacial score (nSPS) is 10.9. The molecule has 0 aliphatic rings. The zero-order valence-corrected chi connectivity index (χ0v) is 20.1. The Morgan fingerprint density at radius 2 is 1.74 bits per heavy atom. The minimum Gasteiger partial charge on any atom is -0.452 e. The third-order valence-corrected chi connectivity index (χ3v) is 6.28. The van der Waals surface area contributed by atoms with E-state index < -0.39 is 18.5 Å². The van der Waals surface area contributed by atoms with E-state index in [0.29, 0.717) is 27.1 Å². The van der Waals surface area contributed by atoms with E-state index in [0.717, 1.165) is 27.9 Å². The monoisotopic (exact) mass is 502 g/mol. The Bertz CT molecular complexity index is 1520. The molecule has 0 aliphatic heterocycles. The molecule has 0 spiro atoms. The van der Waals surface area contributed by atoms with Crippen LogP contribution in [0.25, 0.3) is 33.7 Å². The van der Waals surface area contributed by atoms with Crippen molar-refractivity contribution in [2.75, 3.05) is 11.9 Å². The first-order chi connectivity index (χ1) is 16.9. The lowest BCUT2D eigenvalue weighted by atomic mass is 10.1. The molecule has 0 saturated carbocycles. The molecule has 2 N–H and O–H groups in total. The largest absolute Gasteiger partial charge is 0.452 e. The fourth-order valence-corrected chi connectivity index (χ4v) is 4.30. The third-order valence-electron chi connectivity index (χ3n) is 5.27. The van der Waals surface area contributed by atoms with Crippen molar-refractivity contribution in [1.82, 2.24) is 15.0 Å². The van der Waals surface area contributed by atoms with E-state index in [1.807, 2.05) is 48.7 Å². The fraction of sp³-hybridized carbons (Fsp3) is 0.0769. The number of hydrogen-bond donors (Lipinski definition) is 2. The minimum atomic E-state index is -0.602. The molecular weight excluding hydrogens is 484 g/mol. The third kappa shape index (κ3) is 5.24. The molecule has 35 heavy (non-hydrogen) atoms. The molecule has 2 heterocycles. The molecule has 3 aromatic carbocycles. The summed E-state index contributed by atoms with van der Waals surface area (Å²) in [5, 5.41) is 5.54. The predicted octanol–water partition coefficient (Wildman–Crippen LogP) is 6.11. The molecule has 9 heteroatoms. The summed E-state index contributed by atoms with van der Waals surface area (Å²) in [5.74, 6) is -0.361. The number of nitrogens with zero attached hydrogens (tertiary/aromatic N) is 2. The summed E-state index contributed by atoms with van der Waals surface area (Å²) in [6.45, 7) is 1.60. The van der Waals surface area contributed by atoms with Gasteiger partial charge in [0.1, 0.15) is 5.82 Å². The van der Waals surface area contributed by atoms with Gasteiger partial charge in [-0.2, -0.15) is 0 Å². The van der Waals surface area contributed by atoms with Crippen molar-refractivity contribution in [3.8, 4) is 22.6 Å². The molecule has 0 saturated heterocycles. The van der Waals surface area contributed by atoms with Gasteiger partial charge in [0.25, 0.3) is 5.91 Å². The van der Waals surface area contributed by atoms with Gasteiger partial charge >= 0.3 is 5.97 Å². The number of fused-ring (bicyclic) bond motifs is 1. The highest BCUT2D eigenvalue weighted by Crippen LogP contribution is 2.26. The Kier molecular flexibility index (Phi) is 6.31. The van der Waals surface area contributed by atoms with Gasteiger partial charge in [-0.1, -0.05) is 53.6 Å². The van der Waals surface area contributed by atoms with Crippen molar-refractivity contribution in [3.63, 3.8) is 0 Å². The van der Waals surface area contributed by atoms with Crippen LogP contribution >= 0.6 is 22.9 Å². The Hall–Kier alpha value is -4.01. The molecule has 0 fully saturated rings. The van der Waals surface area contributed by atoms with Gasteiger partial charge in [-0.3, -0.25) is 10.1 Å². The molecule has 0 atom stereocenters. The number of aromatic nitrogens is 3. The maximum atomic E-state index is 12.5. The first-order valence-electron chi connectivity index (χ1n) is 10.7. The van der Waals surface area contributed by atoms with Crippen LogP contribution in [-0.2, 0) is 9.53 Å². The van der Waals surface area contributed by atoms with Crippen LogP contribution in [0.5, 0.6) is 0 Å². The Morgan fingerprint density at radius 1 is 1.00 bits per heavy atom. The van der Waals surface area contributed by atoms with Crippen molar-refractivity contribution in [3.05, 3.63) is 88.3 Å². The number of ether oxygens (including phenoxy) is 1. The zero-order chi connectivity index (χ0) is 24.4. The quantitative estimate of drug-likeness (QED) is 0.273. The number of aromatic amines is 1. The van der Waals surface area contributed by atoms with Crippen LogP contribution in [0.2, 0.25) is 5.02 Å². The number of benzene rings is 3. The molecular formula is C26H19ClN4O3S. The summed E-state index contributed by atoms with van der Waals surface area (Å²) in [6, 6.07) is 20.3. The number of thiazole rings is 1. The topological polar surface area (TPSA) is 97.0 Å². The van der Waals surface area contributed by atoms with Crippen molar-refractivity contribution < 1.29 is 14.3 Å². The van der Waals surface area contributed by atoms with E-state index in [2.05, 4.69) is 20.3 Å². The summed E-state index contributed by atoms with van der Waals surface area (Å²) in [7, 11) is 0. The number of carbonyl (C=O) groups excluding carboxylic acids is 2. The maximum Gasteiger partial charge on any atom is 0.338 e. The van der Waals surface area contributed by atoms with E-state index >= 15 is 0 Å². The number of anilines is 1. The number of rotatable bonds is 6. The van der Waals surface area contributed by atoms with Crippen LogP contribution in [0.4, 0.5) is 5.13 Å². The molecule has 2 aromatic heterocycles. The molecule has 7 nitrogen and oxygen atoms in total. The zero-order valence-electron chi connectivity index (χ0n) is 18.5. The average Bonchev–Trinajstić information content (AvgIpc) is 3.50. The summed E-state index contributed by atoms with van der Waals surface area (Å²) in [5.41, 5.74) is 5.48. The molecule has 0 bridgehead atoms. The van der Waals surface area contributed by atoms with Gasteiger partial charge in [0.05, 0.1) is 22.3 Å². The van der Waals surface area contributed by atoms with E-state index in [1.54, 1.807) is 30.3 Å². The van der Waals surface area contributed by atoms with Gasteiger partial charge in [0.15, 0.2) is 11.7 Å². The number of hydrogen-bond acceptors (Lipinski definition) is 6. The second-order valence-corrected chi connectivity index (χ2v) is 9.15. The van der Waals surface area contributed by atoms with Crippen LogP contribution < -0.4 is 5.32 Å². The summed E-state index contributed by atoms with van der Waals surface area (Å²) in [4.78, 5) is 37.0. The van der Waals surface area contributed by atoms with Gasteiger partial charge in [-0.15, -0.1) is 11.3 Å². The van der Waals surface area contributed by atoms with Crippen LogP contribution in [0, 0.1) is 6.92 Å². The van der Waals surface area contributed by atoms with Gasteiger partial charge in [-0.25, -0.2) is 14.8 Å². The highest BCUT2D eigenvalue weighted by atomic mass is 35.5. The average molecular weight is 503 g/mol. The van der Waals surface area contributed by atoms with E-state index in [1.165, 1.54) is 11.3 Å². The minimum absolute atomic E-state index is 0.323. The lowest BCUT2D eigenvalue weighted by molar-refractivity contribution is -0.119. The molecule has 0 unspecified atom stereocenters. The van der Waals surface area contributed by atoms with Crippen LogP contribution in [-0.4, -0.2) is 33.4 Å². The van der Waals surface area contributed by atoms with Crippen molar-refractivity contribution in [2.24, 2.45) is 0 Å². The number of H-pyrrole nitrogens is 1. The molecule has 0 aliphatic carbocycles. The standard InChI is InChI=1S/C26H19ClN4O3S/c1-15-2-4-17(5-3-15)24-28-20-11-8-18(12-21(20)29-24)25(33)34-13-23(32)31-26-30-22(14-35-26)16-6-9-19(27)10-7-16/h2-12,14H,13H2,1H3,(H,28,29)(H,30,31,32). The second kappa shape index (κ2) is 9.69. The van der Waals surface area contributed by atoms with Crippen molar-refractivity contribution in [2.45, 2.75) is 6.92 Å². The predicted molar refractivity (Wildman–Crippen MR) is 138 cm³/mol. The number of nitrogens with one attached hydrogen (secondary N) is 2. The molecule has 174 valence electrons. The summed E-state index contributed by atoms with van der Waals surface area (Å²) in [6.07, 6.45) is 0. The first-order valence-corrected chi connectivity index (χ1v) is 12.0. The molecule has 0 radical (unpaired) electrons. The van der Waals surface area contributed by atoms with Crippen molar-refractivity contribution in [1.29, 1.82) is 0 Å². The van der Waals surface area contributed by atoms with Gasteiger partial charge in [0.2, 0.25) is 0 Å². The van der Waals surface area contributed by atoms with Gasteiger partial charge in [0, 0.05) is 21.5 Å². The van der Waals surface area contributed by atoms with Crippen LogP contribution in [0.1, 0.15) is 15.9 Å². The maximum absolute atomic E-state index is 12.5. The van der Waals surface area contributed by atoms with Gasteiger partial charge in [-0.05, 0) is 37.3 Å². The number of esters is 1. The van der Waals surface area contributed by atoms with Crippen LogP contribution in [0.15, 0.2) is 72.1 Å². The SMILES string of the molecule is Cc1ccc(-c2nc3ccc(C(=O)OCC(=O)Nc4nc(-c5ccc(Cl)cc5)cs4)cc3[nH]2)cc1. The molecule has 5 rings (SSSR count). The van der Waals surface area contributed by atoms with Crippen LogP contribution in [0.3, 0.4) is 0 Å². The molecule has 1 amide bonds.